The molecule has 190 valence electrons. The maximum atomic E-state index is 13.4. The first-order valence-corrected chi connectivity index (χ1v) is 12.6. The van der Waals surface area contributed by atoms with Gasteiger partial charge < -0.3 is 15.0 Å². The summed E-state index contributed by atoms with van der Waals surface area (Å²) in [6, 6.07) is 19.7. The molecule has 1 heterocycles. The van der Waals surface area contributed by atoms with Gasteiger partial charge in [0.05, 0.1) is 24.4 Å². The van der Waals surface area contributed by atoms with Gasteiger partial charge in [0, 0.05) is 19.6 Å². The third kappa shape index (κ3) is 8.57. The van der Waals surface area contributed by atoms with Crippen LogP contribution < -0.4 is 15.8 Å². The van der Waals surface area contributed by atoms with Gasteiger partial charge in [-0.15, -0.1) is 0 Å². The van der Waals surface area contributed by atoms with Crippen LogP contribution in [0.4, 0.5) is 10.5 Å². The molecule has 0 spiro atoms. The number of allylic oxidation sites excluding steroid dienone is 1. The predicted octanol–water partition coefficient (Wildman–Crippen LogP) is 5.53. The number of rotatable bonds is 13. The molecule has 0 bridgehead atoms. The van der Waals surface area contributed by atoms with Gasteiger partial charge in [-0.05, 0) is 24.0 Å². The van der Waals surface area contributed by atoms with Gasteiger partial charge >= 0.3 is 6.09 Å². The number of benzene rings is 2. The predicted molar refractivity (Wildman–Crippen MR) is 145 cm³/mol. The van der Waals surface area contributed by atoms with Crippen LogP contribution in [0.3, 0.4) is 0 Å². The summed E-state index contributed by atoms with van der Waals surface area (Å²) in [5.74, 6) is 0. The number of anilines is 1. The molecule has 0 saturated heterocycles. The molecule has 0 aliphatic rings. The van der Waals surface area contributed by atoms with Crippen LogP contribution in [0.15, 0.2) is 77.7 Å². The number of carbonyl (C=O) groups is 1. The van der Waals surface area contributed by atoms with Crippen LogP contribution in [0, 0.1) is 0 Å². The van der Waals surface area contributed by atoms with E-state index in [1.165, 1.54) is 10.9 Å². The van der Waals surface area contributed by atoms with Crippen LogP contribution in [-0.4, -0.2) is 35.6 Å². The number of carbonyl (C=O) groups excluding carboxylic acids is 1. The number of nitrogens with one attached hydrogen (secondary N) is 1. The normalized spacial score (nSPS) is 10.9. The highest BCUT2D eigenvalue weighted by Gasteiger charge is 2.18. The van der Waals surface area contributed by atoms with E-state index in [1.807, 2.05) is 77.7 Å². The molecule has 0 atom stereocenters. The highest BCUT2D eigenvalue weighted by Crippen LogP contribution is 2.22. The number of amides is 1. The summed E-state index contributed by atoms with van der Waals surface area (Å²) in [5, 5.41) is 7.26. The lowest BCUT2D eigenvalue weighted by Crippen LogP contribution is -2.34. The number of nitrogens with zero attached hydrogens (tertiary/aromatic N) is 3. The Morgan fingerprint density at radius 1 is 1.11 bits per heavy atom. The van der Waals surface area contributed by atoms with Gasteiger partial charge in [-0.1, -0.05) is 97.8 Å². The van der Waals surface area contributed by atoms with E-state index in [9.17, 15) is 9.59 Å². The summed E-state index contributed by atoms with van der Waals surface area (Å²) in [6.45, 7) is 4.18. The van der Waals surface area contributed by atoms with Crippen LogP contribution in [0.2, 0.25) is 5.02 Å². The van der Waals surface area contributed by atoms with Crippen molar-refractivity contribution in [1.29, 1.82) is 0 Å². The zero-order valence-corrected chi connectivity index (χ0v) is 21.4. The molecule has 1 N–H and O–H groups in total. The SMILES string of the molecule is CCCCNC(=O)OCCCN(Cc1ccccc1)c1c(Cl)cnn(CC=Cc2ccccc2)c1=O. The fourth-order valence-electron chi connectivity index (χ4n) is 3.64. The number of aromatic nitrogens is 2. The van der Waals surface area contributed by atoms with Gasteiger partial charge in [0.25, 0.3) is 5.56 Å². The highest BCUT2D eigenvalue weighted by atomic mass is 35.5. The summed E-state index contributed by atoms with van der Waals surface area (Å²) in [5.41, 5.74) is 2.20. The van der Waals surface area contributed by atoms with Crippen molar-refractivity contribution in [2.45, 2.75) is 39.3 Å². The minimum absolute atomic E-state index is 0.236. The molecule has 8 heteroatoms. The zero-order chi connectivity index (χ0) is 25.6. The maximum absolute atomic E-state index is 13.4. The molecule has 7 nitrogen and oxygen atoms in total. The average Bonchev–Trinajstić information content (AvgIpc) is 2.89. The molecule has 0 aliphatic heterocycles. The van der Waals surface area contributed by atoms with E-state index in [1.54, 1.807) is 0 Å². The number of unbranched alkanes of at least 4 members (excludes halogenated alkanes) is 1. The van der Waals surface area contributed by atoms with Crippen LogP contribution in [0.5, 0.6) is 0 Å². The van der Waals surface area contributed by atoms with Crippen molar-refractivity contribution >= 4 is 29.5 Å². The second-order valence-electron chi connectivity index (χ2n) is 8.32. The standard InChI is InChI=1S/C28H33ClN4O3/c1-2-3-17-30-28(35)36-20-11-18-32(22-24-14-8-5-9-15-24)26-25(29)21-31-33(27(26)34)19-10-16-23-12-6-4-7-13-23/h4-10,12-16,21H,2-3,11,17-20,22H2,1H3,(H,30,35). The number of hydrogen-bond acceptors (Lipinski definition) is 5. The van der Waals surface area contributed by atoms with E-state index in [0.717, 1.165) is 24.0 Å². The average molecular weight is 509 g/mol. The summed E-state index contributed by atoms with van der Waals surface area (Å²) < 4.78 is 6.69. The van der Waals surface area contributed by atoms with Gasteiger partial charge in [-0.25, -0.2) is 9.48 Å². The quantitative estimate of drug-likeness (QED) is 0.307. The van der Waals surface area contributed by atoms with Gasteiger partial charge in [0.2, 0.25) is 0 Å². The molecule has 1 aromatic heterocycles. The largest absolute Gasteiger partial charge is 0.449 e. The zero-order valence-electron chi connectivity index (χ0n) is 20.6. The molecular formula is C28H33ClN4O3. The molecular weight excluding hydrogens is 476 g/mol. The van der Waals surface area contributed by atoms with Crippen LogP contribution in [0.1, 0.15) is 37.3 Å². The molecule has 0 saturated carbocycles. The number of ether oxygens (including phenoxy) is 1. The first-order valence-electron chi connectivity index (χ1n) is 12.2. The van der Waals surface area contributed by atoms with E-state index in [2.05, 4.69) is 17.3 Å². The van der Waals surface area contributed by atoms with Crippen molar-refractivity contribution < 1.29 is 9.53 Å². The van der Waals surface area contributed by atoms with Crippen molar-refractivity contribution in [3.8, 4) is 0 Å². The van der Waals surface area contributed by atoms with Crippen molar-refractivity contribution in [2.24, 2.45) is 0 Å². The van der Waals surface area contributed by atoms with Crippen molar-refractivity contribution in [1.82, 2.24) is 15.1 Å². The monoisotopic (exact) mass is 508 g/mol. The third-order valence-electron chi connectivity index (χ3n) is 5.50. The van der Waals surface area contributed by atoms with Crippen LogP contribution in [0.25, 0.3) is 6.08 Å². The van der Waals surface area contributed by atoms with Crippen molar-refractivity contribution in [3.63, 3.8) is 0 Å². The molecule has 2 aromatic carbocycles. The van der Waals surface area contributed by atoms with Crippen molar-refractivity contribution in [3.05, 3.63) is 99.4 Å². The molecule has 0 unspecified atom stereocenters. The van der Waals surface area contributed by atoms with Gasteiger partial charge in [-0.2, -0.15) is 5.10 Å². The fraction of sp³-hybridized carbons (Fsp3) is 0.321. The molecule has 0 aliphatic carbocycles. The van der Waals surface area contributed by atoms with Gasteiger partial charge in [0.1, 0.15) is 5.69 Å². The molecule has 3 rings (SSSR count). The number of alkyl carbamates (subject to hydrolysis) is 1. The lowest BCUT2D eigenvalue weighted by atomic mass is 10.2. The Hall–Kier alpha value is -3.58. The number of halogens is 1. The van der Waals surface area contributed by atoms with E-state index in [4.69, 9.17) is 16.3 Å². The first kappa shape index (κ1) is 27.0. The Kier molecular flexibility index (Phi) is 11.1. The highest BCUT2D eigenvalue weighted by molar-refractivity contribution is 6.33. The molecule has 1 amide bonds. The third-order valence-corrected chi connectivity index (χ3v) is 5.78. The Bertz CT molecular complexity index is 1170. The molecule has 0 radical (unpaired) electrons. The summed E-state index contributed by atoms with van der Waals surface area (Å²) in [7, 11) is 0. The van der Waals surface area contributed by atoms with E-state index in [0.29, 0.717) is 38.3 Å². The Labute approximate surface area is 217 Å². The second-order valence-corrected chi connectivity index (χ2v) is 8.73. The van der Waals surface area contributed by atoms with E-state index >= 15 is 0 Å². The van der Waals surface area contributed by atoms with Gasteiger partial charge in [0.15, 0.2) is 0 Å². The Balaban J connectivity index is 1.73. The first-order chi connectivity index (χ1) is 17.6. The van der Waals surface area contributed by atoms with Crippen molar-refractivity contribution in [2.75, 3.05) is 24.6 Å². The van der Waals surface area contributed by atoms with E-state index in [-0.39, 0.29) is 17.2 Å². The lowest BCUT2D eigenvalue weighted by molar-refractivity contribution is 0.145. The Morgan fingerprint density at radius 2 is 1.83 bits per heavy atom. The summed E-state index contributed by atoms with van der Waals surface area (Å²) in [4.78, 5) is 27.2. The minimum Gasteiger partial charge on any atom is -0.449 e. The van der Waals surface area contributed by atoms with E-state index < -0.39 is 6.09 Å². The Morgan fingerprint density at radius 3 is 2.56 bits per heavy atom. The van der Waals surface area contributed by atoms with Crippen LogP contribution >= 0.6 is 11.6 Å². The smallest absolute Gasteiger partial charge is 0.407 e. The maximum Gasteiger partial charge on any atom is 0.407 e. The fourth-order valence-corrected chi connectivity index (χ4v) is 3.88. The second kappa shape index (κ2) is 14.7. The molecule has 36 heavy (non-hydrogen) atoms. The summed E-state index contributed by atoms with van der Waals surface area (Å²) >= 11 is 6.50. The number of hydrogen-bond donors (Lipinski definition) is 1. The summed E-state index contributed by atoms with van der Waals surface area (Å²) in [6.07, 6.45) is 7.38. The molecule has 3 aromatic rings. The van der Waals surface area contributed by atoms with Gasteiger partial charge in [-0.3, -0.25) is 4.79 Å². The topological polar surface area (TPSA) is 76.5 Å². The lowest BCUT2D eigenvalue weighted by Gasteiger charge is -2.25. The van der Waals surface area contributed by atoms with Crippen LogP contribution in [-0.2, 0) is 17.8 Å². The molecule has 0 fully saturated rings. The minimum atomic E-state index is -0.424.